The molecule has 0 saturated heterocycles. The van der Waals surface area contributed by atoms with Crippen molar-refractivity contribution in [2.24, 2.45) is 0 Å². The molecule has 4 nitrogen and oxygen atoms in total. The van der Waals surface area contributed by atoms with Crippen molar-refractivity contribution < 1.29 is 10.4 Å². The van der Waals surface area contributed by atoms with Gasteiger partial charge >= 0.3 is 0 Å². The van der Waals surface area contributed by atoms with Gasteiger partial charge in [-0.05, 0) is 89.8 Å². The lowest BCUT2D eigenvalue weighted by molar-refractivity contribution is 0.102. The van der Waals surface area contributed by atoms with Crippen molar-refractivity contribution in [1.29, 1.82) is 0 Å². The highest BCUT2D eigenvalue weighted by Crippen LogP contribution is 2.24. The Morgan fingerprint density at radius 2 is 0.846 bits per heavy atom. The van der Waals surface area contributed by atoms with Crippen molar-refractivity contribution in [2.45, 2.75) is 65.5 Å². The van der Waals surface area contributed by atoms with E-state index in [0.29, 0.717) is 11.4 Å². The lowest BCUT2D eigenvalue weighted by Crippen LogP contribution is -2.37. The van der Waals surface area contributed by atoms with E-state index in [2.05, 4.69) is 0 Å². The molecule has 0 aliphatic heterocycles. The summed E-state index contributed by atoms with van der Waals surface area (Å²) in [6.07, 6.45) is 1.79. The van der Waals surface area contributed by atoms with Crippen LogP contribution in [0.4, 0.5) is 11.4 Å². The van der Waals surface area contributed by atoms with Crippen LogP contribution < -0.4 is 10.1 Å². The third-order valence-corrected chi connectivity index (χ3v) is 4.26. The average Bonchev–Trinajstić information content (AvgIpc) is 2.58. The normalized spacial score (nSPS) is 12.2. The van der Waals surface area contributed by atoms with E-state index in [1.165, 1.54) is 11.1 Å². The number of aryl methyl sites for hydroxylation is 2. The second-order valence-electron chi connectivity index (χ2n) is 8.76. The minimum atomic E-state index is -0.439. The molecule has 2 aromatic carbocycles. The van der Waals surface area contributed by atoms with Gasteiger partial charge in [0.2, 0.25) is 0 Å². The molecule has 0 N–H and O–H groups in total. The van der Waals surface area contributed by atoms with Gasteiger partial charge in [0.1, 0.15) is 0 Å². The third kappa shape index (κ3) is 5.23. The van der Waals surface area contributed by atoms with E-state index in [9.17, 15) is 10.4 Å². The van der Waals surface area contributed by atoms with E-state index in [-0.39, 0.29) is 0 Å². The quantitative estimate of drug-likeness (QED) is 0.677. The van der Waals surface area contributed by atoms with E-state index in [1.807, 2.05) is 90.1 Å². The Balaban J connectivity index is 1.97. The minimum Gasteiger partial charge on any atom is -0.215 e. The fourth-order valence-corrected chi connectivity index (χ4v) is 2.66. The molecule has 0 unspecified atom stereocenters. The van der Waals surface area contributed by atoms with E-state index in [0.717, 1.165) is 23.0 Å². The Kier molecular flexibility index (Phi) is 5.99. The zero-order valence-electron chi connectivity index (χ0n) is 16.7. The first-order valence-corrected chi connectivity index (χ1v) is 9.11. The molecule has 0 spiro atoms. The van der Waals surface area contributed by atoms with Gasteiger partial charge in [0.05, 0.1) is 22.5 Å². The molecular formula is C22H30N2O2. The lowest BCUT2D eigenvalue weighted by Gasteiger charge is -2.29. The molecule has 0 bridgehead atoms. The van der Waals surface area contributed by atoms with E-state index in [4.69, 9.17) is 0 Å². The van der Waals surface area contributed by atoms with Crippen molar-refractivity contribution in [3.8, 4) is 0 Å². The van der Waals surface area contributed by atoms with Gasteiger partial charge in [0.25, 0.3) is 0 Å². The number of nitrogens with zero attached hydrogens (tertiary/aromatic N) is 2. The second kappa shape index (κ2) is 7.68. The fourth-order valence-electron chi connectivity index (χ4n) is 2.66. The van der Waals surface area contributed by atoms with Crippen LogP contribution in [0.1, 0.15) is 52.7 Å². The van der Waals surface area contributed by atoms with Crippen molar-refractivity contribution in [2.75, 3.05) is 10.1 Å². The van der Waals surface area contributed by atoms with Crippen LogP contribution >= 0.6 is 0 Å². The first kappa shape index (κ1) is 20.3. The van der Waals surface area contributed by atoms with E-state index < -0.39 is 11.1 Å². The number of hydrogen-bond acceptors (Lipinski definition) is 2. The Hall–Kier alpha value is -2.04. The molecule has 0 aromatic heterocycles. The van der Waals surface area contributed by atoms with Crippen molar-refractivity contribution >= 4 is 11.4 Å². The molecule has 0 saturated carbocycles. The predicted octanol–water partition coefficient (Wildman–Crippen LogP) is 5.37. The number of anilines is 2. The van der Waals surface area contributed by atoms with Crippen LogP contribution in [0.2, 0.25) is 0 Å². The summed E-state index contributed by atoms with van der Waals surface area (Å²) >= 11 is 0. The average molecular weight is 354 g/mol. The molecule has 4 heteroatoms. The molecule has 0 amide bonds. The number of hydroxylamine groups is 2. The highest BCUT2D eigenvalue weighted by molar-refractivity contribution is 5.48. The van der Waals surface area contributed by atoms with Gasteiger partial charge in [-0.15, -0.1) is 0 Å². The fraction of sp³-hybridized carbons (Fsp3) is 0.455. The molecule has 2 rings (SSSR count). The van der Waals surface area contributed by atoms with Crippen LogP contribution in [0.5, 0.6) is 0 Å². The molecule has 0 fully saturated rings. The summed E-state index contributed by atoms with van der Waals surface area (Å²) in [5.41, 5.74) is 2.88. The van der Waals surface area contributed by atoms with Gasteiger partial charge in [-0.2, -0.15) is 0 Å². The van der Waals surface area contributed by atoms with Gasteiger partial charge in [-0.3, -0.25) is 0 Å². The van der Waals surface area contributed by atoms with Crippen LogP contribution in [0.25, 0.3) is 0 Å². The minimum absolute atomic E-state index is 0.439. The summed E-state index contributed by atoms with van der Waals surface area (Å²) in [4.78, 5) is 0. The van der Waals surface area contributed by atoms with Gasteiger partial charge in [-0.25, -0.2) is 10.1 Å². The number of rotatable bonds is 5. The maximum atomic E-state index is 12.2. The first-order chi connectivity index (χ1) is 12.0. The Bertz CT molecular complexity index is 631. The third-order valence-electron chi connectivity index (χ3n) is 4.26. The topological polar surface area (TPSA) is 46.3 Å². The summed E-state index contributed by atoms with van der Waals surface area (Å²) in [5.74, 6) is 0. The summed E-state index contributed by atoms with van der Waals surface area (Å²) in [6.45, 7) is 11.4. The number of hydrogen-bond donors (Lipinski definition) is 0. The second-order valence-corrected chi connectivity index (χ2v) is 8.76. The molecule has 2 radical (unpaired) electrons. The first-order valence-electron chi connectivity index (χ1n) is 9.11. The lowest BCUT2D eigenvalue weighted by atomic mass is 10.0. The van der Waals surface area contributed by atoms with E-state index in [1.54, 1.807) is 0 Å². The summed E-state index contributed by atoms with van der Waals surface area (Å²) < 4.78 is 0. The summed E-state index contributed by atoms with van der Waals surface area (Å²) in [7, 11) is 0. The standard InChI is InChI=1S/C22H30N2O2/c1-21(2,3)23(25)19-13-9-17(10-14-19)7-8-18-11-15-20(16-12-18)24(26)22(4,5)6/h9-16H,7-8H2,1-6H3. The van der Waals surface area contributed by atoms with Crippen molar-refractivity contribution in [3.05, 3.63) is 59.7 Å². The molecule has 26 heavy (non-hydrogen) atoms. The van der Waals surface area contributed by atoms with E-state index >= 15 is 0 Å². The van der Waals surface area contributed by atoms with Crippen molar-refractivity contribution in [3.63, 3.8) is 0 Å². The highest BCUT2D eigenvalue weighted by Gasteiger charge is 2.22. The van der Waals surface area contributed by atoms with Gasteiger partial charge in [0.15, 0.2) is 0 Å². The van der Waals surface area contributed by atoms with Crippen LogP contribution in [-0.2, 0) is 23.3 Å². The zero-order chi connectivity index (χ0) is 19.5. The maximum Gasteiger partial charge on any atom is 0.0674 e. The van der Waals surface area contributed by atoms with Gasteiger partial charge < -0.3 is 0 Å². The van der Waals surface area contributed by atoms with Crippen LogP contribution in [0.15, 0.2) is 48.5 Å². The van der Waals surface area contributed by atoms with Crippen LogP contribution in [0.3, 0.4) is 0 Å². The van der Waals surface area contributed by atoms with Gasteiger partial charge in [0, 0.05) is 0 Å². The SMILES string of the molecule is CC(C)(C)N([O])c1ccc(CCc2ccc(N([O])C(C)(C)C)cc2)cc1. The molecule has 0 aliphatic rings. The predicted molar refractivity (Wildman–Crippen MR) is 106 cm³/mol. The van der Waals surface area contributed by atoms with Crippen LogP contribution in [0, 0.1) is 0 Å². The summed E-state index contributed by atoms with van der Waals surface area (Å²) in [5, 5.41) is 26.5. The molecular weight excluding hydrogens is 324 g/mol. The Labute approximate surface area is 157 Å². The monoisotopic (exact) mass is 354 g/mol. The summed E-state index contributed by atoms with van der Waals surface area (Å²) in [6, 6.07) is 15.6. The van der Waals surface area contributed by atoms with Crippen molar-refractivity contribution in [1.82, 2.24) is 0 Å². The molecule has 0 aliphatic carbocycles. The largest absolute Gasteiger partial charge is 0.215 e. The maximum absolute atomic E-state index is 12.2. The Morgan fingerprint density at radius 3 is 1.08 bits per heavy atom. The number of benzene rings is 2. The molecule has 140 valence electrons. The smallest absolute Gasteiger partial charge is 0.0674 e. The Morgan fingerprint density at radius 1 is 0.577 bits per heavy atom. The van der Waals surface area contributed by atoms with Crippen LogP contribution in [-0.4, -0.2) is 11.1 Å². The van der Waals surface area contributed by atoms with Gasteiger partial charge in [-0.1, -0.05) is 34.7 Å². The molecule has 0 atom stereocenters. The zero-order valence-corrected chi connectivity index (χ0v) is 16.7. The molecule has 2 aromatic rings. The molecule has 0 heterocycles. The highest BCUT2D eigenvalue weighted by atomic mass is 16.5.